The Balaban J connectivity index is 1.56. The molecule has 1 aromatic heterocycles. The van der Waals surface area contributed by atoms with Crippen LogP contribution in [0.5, 0.6) is 0 Å². The summed E-state index contributed by atoms with van der Waals surface area (Å²) < 4.78 is 5.92. The number of nitrogens with zero attached hydrogens (tertiary/aromatic N) is 2. The molecule has 1 aromatic carbocycles. The summed E-state index contributed by atoms with van der Waals surface area (Å²) in [6.45, 7) is 4.09. The molecule has 1 aliphatic rings. The maximum atomic E-state index is 11.0. The van der Waals surface area contributed by atoms with E-state index in [-0.39, 0.29) is 11.8 Å². The fourth-order valence-electron chi connectivity index (χ4n) is 2.95. The van der Waals surface area contributed by atoms with E-state index in [1.165, 1.54) is 11.6 Å². The van der Waals surface area contributed by atoms with Crippen LogP contribution in [-0.2, 0) is 11.3 Å². The predicted molar refractivity (Wildman–Crippen MR) is 95.8 cm³/mol. The molecule has 2 heterocycles. The van der Waals surface area contributed by atoms with Crippen LogP contribution in [0.4, 0.5) is 5.82 Å². The number of aromatic nitrogens is 1. The van der Waals surface area contributed by atoms with Gasteiger partial charge in [0, 0.05) is 32.8 Å². The smallest absolute Gasteiger partial charge is 0.354 e. The molecule has 0 saturated carbocycles. The van der Waals surface area contributed by atoms with Crippen molar-refractivity contribution in [2.24, 2.45) is 0 Å². The highest BCUT2D eigenvalue weighted by molar-refractivity contribution is 5.85. The first kappa shape index (κ1) is 17.4. The quantitative estimate of drug-likeness (QED) is 0.841. The minimum Gasteiger partial charge on any atom is -0.477 e. The molecule has 0 aliphatic carbocycles. The molecule has 0 spiro atoms. The third-order valence-electron chi connectivity index (χ3n) is 4.16. The summed E-state index contributed by atoms with van der Waals surface area (Å²) in [7, 11) is 0. The molecule has 2 aromatic rings. The lowest BCUT2D eigenvalue weighted by molar-refractivity contribution is 0.0625. The SMILES string of the molecule is O=C(O)c1cccc(NCC2CN(Cc3ccccc3)CCCO2)n1. The van der Waals surface area contributed by atoms with Gasteiger partial charge in [-0.15, -0.1) is 0 Å². The zero-order valence-corrected chi connectivity index (χ0v) is 14.1. The molecule has 1 aliphatic heterocycles. The van der Waals surface area contributed by atoms with Crippen molar-refractivity contribution in [2.75, 3.05) is 31.6 Å². The van der Waals surface area contributed by atoms with Crippen LogP contribution in [0.15, 0.2) is 48.5 Å². The average Bonchev–Trinajstić information content (AvgIpc) is 2.86. The zero-order chi connectivity index (χ0) is 17.5. The fourth-order valence-corrected chi connectivity index (χ4v) is 2.95. The highest BCUT2D eigenvalue weighted by Crippen LogP contribution is 2.12. The number of nitrogens with one attached hydrogen (secondary N) is 1. The van der Waals surface area contributed by atoms with E-state index >= 15 is 0 Å². The summed E-state index contributed by atoms with van der Waals surface area (Å²) >= 11 is 0. The molecule has 0 radical (unpaired) electrons. The Kier molecular flexibility index (Phi) is 5.98. The average molecular weight is 341 g/mol. The van der Waals surface area contributed by atoms with Crippen molar-refractivity contribution in [3.8, 4) is 0 Å². The summed E-state index contributed by atoms with van der Waals surface area (Å²) in [6.07, 6.45) is 1.05. The van der Waals surface area contributed by atoms with Gasteiger partial charge in [0.05, 0.1) is 6.10 Å². The summed E-state index contributed by atoms with van der Waals surface area (Å²) in [5.74, 6) is -0.467. The molecular weight excluding hydrogens is 318 g/mol. The normalized spacial score (nSPS) is 18.5. The number of ether oxygens (including phenoxy) is 1. The molecule has 6 nitrogen and oxygen atoms in total. The maximum absolute atomic E-state index is 11.0. The van der Waals surface area contributed by atoms with Crippen LogP contribution in [0.3, 0.4) is 0 Å². The van der Waals surface area contributed by atoms with Crippen molar-refractivity contribution in [1.82, 2.24) is 9.88 Å². The van der Waals surface area contributed by atoms with Gasteiger partial charge >= 0.3 is 5.97 Å². The standard InChI is InChI=1S/C19H23N3O3/c23-19(24)17-8-4-9-18(21-17)20-12-16-14-22(10-5-11-25-16)13-15-6-2-1-3-7-15/h1-4,6-9,16H,5,10-14H2,(H,20,21)(H,23,24). The van der Waals surface area contributed by atoms with Crippen molar-refractivity contribution in [3.63, 3.8) is 0 Å². The van der Waals surface area contributed by atoms with Gasteiger partial charge in [-0.25, -0.2) is 9.78 Å². The first-order chi connectivity index (χ1) is 12.2. The second-order valence-electron chi connectivity index (χ2n) is 6.16. The van der Waals surface area contributed by atoms with Gasteiger partial charge in [0.25, 0.3) is 0 Å². The maximum Gasteiger partial charge on any atom is 0.354 e. The highest BCUT2D eigenvalue weighted by Gasteiger charge is 2.19. The van der Waals surface area contributed by atoms with Crippen LogP contribution in [0, 0.1) is 0 Å². The number of aromatic carboxylic acids is 1. The Morgan fingerprint density at radius 2 is 2.08 bits per heavy atom. The van der Waals surface area contributed by atoms with Gasteiger partial charge in [-0.3, -0.25) is 4.90 Å². The molecule has 1 unspecified atom stereocenters. The third-order valence-corrected chi connectivity index (χ3v) is 4.16. The van der Waals surface area contributed by atoms with E-state index < -0.39 is 5.97 Å². The van der Waals surface area contributed by atoms with Crippen LogP contribution >= 0.6 is 0 Å². The van der Waals surface area contributed by atoms with Crippen molar-refractivity contribution in [1.29, 1.82) is 0 Å². The Bertz CT molecular complexity index is 693. The van der Waals surface area contributed by atoms with Gasteiger partial charge in [0.2, 0.25) is 0 Å². The summed E-state index contributed by atoms with van der Waals surface area (Å²) in [6, 6.07) is 15.4. The van der Waals surface area contributed by atoms with Crippen LogP contribution in [0.25, 0.3) is 0 Å². The predicted octanol–water partition coefficient (Wildman–Crippen LogP) is 2.48. The number of hydrogen-bond acceptors (Lipinski definition) is 5. The van der Waals surface area contributed by atoms with E-state index in [9.17, 15) is 4.79 Å². The Morgan fingerprint density at radius 3 is 2.88 bits per heavy atom. The molecule has 1 fully saturated rings. The molecule has 132 valence electrons. The number of hydrogen-bond donors (Lipinski definition) is 2. The fraction of sp³-hybridized carbons (Fsp3) is 0.368. The highest BCUT2D eigenvalue weighted by atomic mass is 16.5. The van der Waals surface area contributed by atoms with Gasteiger partial charge in [-0.1, -0.05) is 36.4 Å². The number of carbonyl (C=O) groups is 1. The number of carboxylic acids is 1. The second kappa shape index (κ2) is 8.60. The summed E-state index contributed by atoms with van der Waals surface area (Å²) in [5, 5.41) is 12.2. The van der Waals surface area contributed by atoms with Crippen molar-refractivity contribution < 1.29 is 14.6 Å². The minimum absolute atomic E-state index is 0.0393. The van der Waals surface area contributed by atoms with Gasteiger partial charge in [-0.05, 0) is 24.1 Å². The Labute approximate surface area is 147 Å². The first-order valence-electron chi connectivity index (χ1n) is 8.53. The number of rotatable bonds is 6. The van der Waals surface area contributed by atoms with E-state index in [1.807, 2.05) is 6.07 Å². The van der Waals surface area contributed by atoms with Crippen molar-refractivity contribution in [3.05, 3.63) is 59.8 Å². The third kappa shape index (κ3) is 5.27. The number of pyridine rings is 1. The van der Waals surface area contributed by atoms with Crippen LogP contribution in [0.1, 0.15) is 22.5 Å². The summed E-state index contributed by atoms with van der Waals surface area (Å²) in [4.78, 5) is 17.5. The topological polar surface area (TPSA) is 74.7 Å². The van der Waals surface area contributed by atoms with Gasteiger partial charge < -0.3 is 15.2 Å². The van der Waals surface area contributed by atoms with E-state index in [0.717, 1.165) is 32.7 Å². The minimum atomic E-state index is -1.02. The molecule has 2 N–H and O–H groups in total. The van der Waals surface area contributed by atoms with E-state index in [2.05, 4.69) is 39.5 Å². The number of carboxylic acid groups (broad SMARTS) is 1. The molecule has 0 amide bonds. The van der Waals surface area contributed by atoms with E-state index in [4.69, 9.17) is 9.84 Å². The molecular formula is C19H23N3O3. The van der Waals surface area contributed by atoms with Gasteiger partial charge in [0.1, 0.15) is 5.82 Å². The van der Waals surface area contributed by atoms with Crippen LogP contribution in [-0.4, -0.2) is 53.3 Å². The molecule has 6 heteroatoms. The lowest BCUT2D eigenvalue weighted by Gasteiger charge is -2.24. The lowest BCUT2D eigenvalue weighted by Crippen LogP contribution is -2.35. The largest absolute Gasteiger partial charge is 0.477 e. The van der Waals surface area contributed by atoms with Crippen LogP contribution < -0.4 is 5.32 Å². The first-order valence-corrected chi connectivity index (χ1v) is 8.53. The molecule has 0 bridgehead atoms. The Morgan fingerprint density at radius 1 is 1.24 bits per heavy atom. The van der Waals surface area contributed by atoms with Crippen molar-refractivity contribution >= 4 is 11.8 Å². The second-order valence-corrected chi connectivity index (χ2v) is 6.16. The molecule has 1 saturated heterocycles. The van der Waals surface area contributed by atoms with Gasteiger partial charge in [-0.2, -0.15) is 0 Å². The van der Waals surface area contributed by atoms with Crippen LogP contribution in [0.2, 0.25) is 0 Å². The number of anilines is 1. The summed E-state index contributed by atoms with van der Waals surface area (Å²) in [5.41, 5.74) is 1.34. The zero-order valence-electron chi connectivity index (χ0n) is 14.1. The molecule has 1 atom stereocenters. The van der Waals surface area contributed by atoms with Crippen molar-refractivity contribution in [2.45, 2.75) is 19.1 Å². The van der Waals surface area contributed by atoms with E-state index in [1.54, 1.807) is 12.1 Å². The number of benzene rings is 1. The lowest BCUT2D eigenvalue weighted by atomic mass is 10.2. The van der Waals surface area contributed by atoms with E-state index in [0.29, 0.717) is 12.4 Å². The molecule has 25 heavy (non-hydrogen) atoms. The monoisotopic (exact) mass is 341 g/mol. The van der Waals surface area contributed by atoms with Gasteiger partial charge in [0.15, 0.2) is 5.69 Å². The molecule has 3 rings (SSSR count). The Hall–Kier alpha value is -2.44.